The molecule has 4 nitrogen and oxygen atoms in total. The molecule has 0 unspecified atom stereocenters. The van der Waals surface area contributed by atoms with Crippen LogP contribution >= 0.6 is 15.9 Å². The molecule has 0 heterocycles. The average Bonchev–Trinajstić information content (AvgIpc) is 2.22. The van der Waals surface area contributed by atoms with Gasteiger partial charge in [0.15, 0.2) is 11.5 Å². The Morgan fingerprint density at radius 1 is 1.50 bits per heavy atom. The maximum Gasteiger partial charge on any atom is 0.162 e. The summed E-state index contributed by atoms with van der Waals surface area (Å²) in [5.41, 5.74) is 0.729. The highest BCUT2D eigenvalue weighted by atomic mass is 79.9. The number of nitrogens with one attached hydrogen (secondary N) is 1. The summed E-state index contributed by atoms with van der Waals surface area (Å²) >= 11 is 3.34. The summed E-state index contributed by atoms with van der Waals surface area (Å²) in [5.74, 6) is 0.562. The van der Waals surface area contributed by atoms with Crippen LogP contribution in [0, 0.1) is 0 Å². The van der Waals surface area contributed by atoms with Gasteiger partial charge in [-0.25, -0.2) is 0 Å². The van der Waals surface area contributed by atoms with E-state index < -0.39 is 6.10 Å². The minimum Gasteiger partial charge on any atom is -0.504 e. The van der Waals surface area contributed by atoms with Gasteiger partial charge in [0.05, 0.1) is 13.2 Å². The molecule has 0 bridgehead atoms. The molecule has 1 atom stereocenters. The molecule has 0 aliphatic carbocycles. The number of methoxy groups -OCH3 is 1. The summed E-state index contributed by atoms with van der Waals surface area (Å²) in [6.45, 7) is 2.66. The first-order valence-electron chi connectivity index (χ1n) is 4.98. The number of rotatable bonds is 5. The molecule has 0 spiro atoms. The van der Waals surface area contributed by atoms with Crippen molar-refractivity contribution in [2.45, 2.75) is 19.6 Å². The summed E-state index contributed by atoms with van der Waals surface area (Å²) in [4.78, 5) is 0. The van der Waals surface area contributed by atoms with Crippen molar-refractivity contribution in [2.75, 3.05) is 13.7 Å². The van der Waals surface area contributed by atoms with E-state index >= 15 is 0 Å². The van der Waals surface area contributed by atoms with E-state index in [1.165, 1.54) is 7.11 Å². The van der Waals surface area contributed by atoms with E-state index in [0.717, 1.165) is 10.0 Å². The lowest BCUT2D eigenvalue weighted by molar-refractivity contribution is 0.191. The number of hydrogen-bond acceptors (Lipinski definition) is 4. The summed E-state index contributed by atoms with van der Waals surface area (Å²) in [5, 5.41) is 22.0. The van der Waals surface area contributed by atoms with Gasteiger partial charge in [-0.15, -0.1) is 0 Å². The topological polar surface area (TPSA) is 61.7 Å². The molecule has 0 radical (unpaired) electrons. The summed E-state index contributed by atoms with van der Waals surface area (Å²) in [6.07, 6.45) is -0.406. The minimum absolute atomic E-state index is 0.129. The lowest BCUT2D eigenvalue weighted by atomic mass is 10.2. The third kappa shape index (κ3) is 3.66. The maximum absolute atomic E-state index is 9.83. The third-order valence-electron chi connectivity index (χ3n) is 2.09. The highest BCUT2D eigenvalue weighted by molar-refractivity contribution is 9.10. The predicted octanol–water partition coefficient (Wildman–Crippen LogP) is 1.63. The molecule has 0 amide bonds. The van der Waals surface area contributed by atoms with Gasteiger partial charge in [0, 0.05) is 23.1 Å². The number of aliphatic hydroxyl groups is 1. The zero-order valence-corrected chi connectivity index (χ0v) is 10.9. The Morgan fingerprint density at radius 2 is 2.19 bits per heavy atom. The van der Waals surface area contributed by atoms with Crippen molar-refractivity contribution in [3.8, 4) is 11.5 Å². The van der Waals surface area contributed by atoms with Crippen molar-refractivity contribution in [2.24, 2.45) is 0 Å². The molecule has 90 valence electrons. The SMILES string of the molecule is COc1cc(Br)cc(CNC[C@H](C)O)c1O. The lowest BCUT2D eigenvalue weighted by Gasteiger charge is -2.11. The number of aliphatic hydroxyl groups excluding tert-OH is 1. The van der Waals surface area contributed by atoms with Gasteiger partial charge in [0.2, 0.25) is 0 Å². The number of halogens is 1. The highest BCUT2D eigenvalue weighted by Crippen LogP contribution is 2.33. The first-order chi connectivity index (χ1) is 7.54. The number of ether oxygens (including phenoxy) is 1. The number of benzene rings is 1. The Hall–Kier alpha value is -0.780. The van der Waals surface area contributed by atoms with E-state index in [1.54, 1.807) is 13.0 Å². The zero-order valence-electron chi connectivity index (χ0n) is 9.33. The van der Waals surface area contributed by atoms with Crippen LogP contribution in [0.1, 0.15) is 12.5 Å². The Labute approximate surface area is 103 Å². The molecule has 3 N–H and O–H groups in total. The molecule has 1 aromatic rings. The van der Waals surface area contributed by atoms with Crippen LogP contribution in [0.4, 0.5) is 0 Å². The van der Waals surface area contributed by atoms with Crippen LogP contribution in [0.15, 0.2) is 16.6 Å². The molecular weight excluding hydrogens is 274 g/mol. The fraction of sp³-hybridized carbons (Fsp3) is 0.455. The van der Waals surface area contributed by atoms with E-state index in [1.807, 2.05) is 6.07 Å². The second kappa shape index (κ2) is 6.08. The van der Waals surface area contributed by atoms with Crippen molar-refractivity contribution in [3.05, 3.63) is 22.2 Å². The van der Waals surface area contributed by atoms with Gasteiger partial charge in [-0.1, -0.05) is 15.9 Å². The van der Waals surface area contributed by atoms with Crippen molar-refractivity contribution in [1.82, 2.24) is 5.32 Å². The second-order valence-corrected chi connectivity index (χ2v) is 4.51. The van der Waals surface area contributed by atoms with E-state index in [2.05, 4.69) is 21.2 Å². The van der Waals surface area contributed by atoms with E-state index in [4.69, 9.17) is 9.84 Å². The molecule has 0 aliphatic heterocycles. The summed E-state index contributed by atoms with van der Waals surface area (Å²) in [7, 11) is 1.51. The largest absolute Gasteiger partial charge is 0.504 e. The molecule has 1 rings (SSSR count). The first kappa shape index (κ1) is 13.3. The fourth-order valence-electron chi connectivity index (χ4n) is 1.33. The van der Waals surface area contributed by atoms with Crippen molar-refractivity contribution in [1.29, 1.82) is 0 Å². The maximum atomic E-state index is 9.83. The Balaban J connectivity index is 2.75. The average molecular weight is 290 g/mol. The Morgan fingerprint density at radius 3 is 2.75 bits per heavy atom. The number of phenols is 1. The van der Waals surface area contributed by atoms with Gasteiger partial charge >= 0.3 is 0 Å². The number of hydrogen-bond donors (Lipinski definition) is 3. The van der Waals surface area contributed by atoms with Gasteiger partial charge in [-0.05, 0) is 19.1 Å². The van der Waals surface area contributed by atoms with E-state index in [9.17, 15) is 5.11 Å². The van der Waals surface area contributed by atoms with Gasteiger partial charge in [-0.2, -0.15) is 0 Å². The molecule has 1 aromatic carbocycles. The first-order valence-corrected chi connectivity index (χ1v) is 5.78. The fourth-order valence-corrected chi connectivity index (χ4v) is 1.82. The molecular formula is C11H16BrNO3. The number of phenolic OH excluding ortho intramolecular Hbond substituents is 1. The predicted molar refractivity (Wildman–Crippen MR) is 65.7 cm³/mol. The van der Waals surface area contributed by atoms with Crippen LogP contribution in [-0.2, 0) is 6.54 Å². The molecule has 16 heavy (non-hydrogen) atoms. The van der Waals surface area contributed by atoms with Gasteiger partial charge < -0.3 is 20.3 Å². The molecule has 0 saturated carbocycles. The third-order valence-corrected chi connectivity index (χ3v) is 2.55. The van der Waals surface area contributed by atoms with Crippen LogP contribution in [0.2, 0.25) is 0 Å². The van der Waals surface area contributed by atoms with E-state index in [0.29, 0.717) is 18.8 Å². The van der Waals surface area contributed by atoms with E-state index in [-0.39, 0.29) is 5.75 Å². The summed E-state index contributed by atoms with van der Waals surface area (Å²) in [6, 6.07) is 3.51. The minimum atomic E-state index is -0.406. The molecule has 0 aromatic heterocycles. The Kier molecular flexibility index (Phi) is 5.05. The van der Waals surface area contributed by atoms with Crippen molar-refractivity contribution >= 4 is 15.9 Å². The second-order valence-electron chi connectivity index (χ2n) is 3.60. The van der Waals surface area contributed by atoms with Gasteiger partial charge in [-0.3, -0.25) is 0 Å². The molecule has 0 fully saturated rings. The van der Waals surface area contributed by atoms with Crippen LogP contribution < -0.4 is 10.1 Å². The molecule has 5 heteroatoms. The normalized spacial score (nSPS) is 12.5. The smallest absolute Gasteiger partial charge is 0.162 e. The van der Waals surface area contributed by atoms with Crippen molar-refractivity contribution < 1.29 is 14.9 Å². The van der Waals surface area contributed by atoms with Gasteiger partial charge in [0.25, 0.3) is 0 Å². The molecule has 0 saturated heterocycles. The van der Waals surface area contributed by atoms with Crippen LogP contribution in [0.25, 0.3) is 0 Å². The Bertz CT molecular complexity index is 355. The van der Waals surface area contributed by atoms with Crippen LogP contribution in [0.5, 0.6) is 11.5 Å². The highest BCUT2D eigenvalue weighted by Gasteiger charge is 2.09. The molecule has 0 aliphatic rings. The van der Waals surface area contributed by atoms with Crippen LogP contribution in [0.3, 0.4) is 0 Å². The summed E-state index contributed by atoms with van der Waals surface area (Å²) < 4.78 is 5.88. The number of aromatic hydroxyl groups is 1. The lowest BCUT2D eigenvalue weighted by Crippen LogP contribution is -2.23. The quantitative estimate of drug-likeness (QED) is 0.771. The monoisotopic (exact) mass is 289 g/mol. The van der Waals surface area contributed by atoms with Crippen LogP contribution in [-0.4, -0.2) is 30.0 Å². The zero-order chi connectivity index (χ0) is 12.1. The van der Waals surface area contributed by atoms with Crippen molar-refractivity contribution in [3.63, 3.8) is 0 Å². The standard InChI is InChI=1S/C11H16BrNO3/c1-7(14)5-13-6-8-3-9(12)4-10(16-2)11(8)15/h3-4,7,13-15H,5-6H2,1-2H3/t7-/m0/s1. The van der Waals surface area contributed by atoms with Gasteiger partial charge in [0.1, 0.15) is 0 Å².